The van der Waals surface area contributed by atoms with Crippen molar-refractivity contribution < 1.29 is 4.74 Å². The normalized spacial score (nSPS) is 24.7. The lowest BCUT2D eigenvalue weighted by Crippen LogP contribution is -2.15. The smallest absolute Gasteiger partial charge is 0.122 e. The fourth-order valence-electron chi connectivity index (χ4n) is 1.95. The predicted octanol–water partition coefficient (Wildman–Crippen LogP) is 3.86. The summed E-state index contributed by atoms with van der Waals surface area (Å²) in [4.78, 5) is 0. The minimum absolute atomic E-state index is 0.272. The summed E-state index contributed by atoms with van der Waals surface area (Å²) in [5, 5.41) is 1.03. The molecule has 1 aliphatic rings. The molecule has 1 aromatic carbocycles. The molecular weight excluding hydrogens is 263 g/mol. The molecule has 0 aliphatic carbocycles. The number of rotatable bonds is 3. The number of halogens is 2. The highest BCUT2D eigenvalue weighted by atomic mass is 35.5. The van der Waals surface area contributed by atoms with Gasteiger partial charge in [0.1, 0.15) is 5.75 Å². The largest absolute Gasteiger partial charge is 0.496 e. The van der Waals surface area contributed by atoms with Crippen LogP contribution in [0.3, 0.4) is 0 Å². The van der Waals surface area contributed by atoms with Crippen molar-refractivity contribution in [3.63, 3.8) is 0 Å². The van der Waals surface area contributed by atoms with E-state index in [0.29, 0.717) is 5.92 Å². The van der Waals surface area contributed by atoms with Gasteiger partial charge in [-0.05, 0) is 41.9 Å². The molecule has 4 heteroatoms. The van der Waals surface area contributed by atoms with Crippen molar-refractivity contribution in [2.45, 2.75) is 11.8 Å². The van der Waals surface area contributed by atoms with Crippen LogP contribution in [0.15, 0.2) is 18.2 Å². The Hall–Kier alpha value is -0.0500. The van der Waals surface area contributed by atoms with Gasteiger partial charge in [0.2, 0.25) is 0 Å². The van der Waals surface area contributed by atoms with Gasteiger partial charge in [0, 0.05) is 16.2 Å². The number of alkyl halides is 1. The van der Waals surface area contributed by atoms with Crippen molar-refractivity contribution in [1.82, 2.24) is 0 Å². The number of ether oxygens (including phenoxy) is 1. The summed E-state index contributed by atoms with van der Waals surface area (Å²) >= 11 is 14.2. The molecule has 1 fully saturated rings. The Morgan fingerprint density at radius 3 is 2.88 bits per heavy atom. The van der Waals surface area contributed by atoms with Gasteiger partial charge >= 0.3 is 0 Å². The van der Waals surface area contributed by atoms with E-state index in [1.165, 1.54) is 0 Å². The van der Waals surface area contributed by atoms with E-state index in [1.54, 1.807) is 7.11 Å². The first-order chi connectivity index (χ1) is 7.70. The van der Waals surface area contributed by atoms with Crippen LogP contribution in [0, 0.1) is 5.92 Å². The molecule has 1 aliphatic heterocycles. The third kappa shape index (κ3) is 2.79. The molecule has 1 aromatic rings. The highest BCUT2D eigenvalue weighted by Crippen LogP contribution is 2.34. The highest BCUT2D eigenvalue weighted by Gasteiger charge is 2.26. The quantitative estimate of drug-likeness (QED) is 0.776. The van der Waals surface area contributed by atoms with E-state index < -0.39 is 0 Å². The Morgan fingerprint density at radius 2 is 2.25 bits per heavy atom. The molecule has 1 nitrogen and oxygen atoms in total. The lowest BCUT2D eigenvalue weighted by Gasteiger charge is -2.15. The summed E-state index contributed by atoms with van der Waals surface area (Å²) in [7, 11) is 1.69. The monoisotopic (exact) mass is 276 g/mol. The predicted molar refractivity (Wildman–Crippen MR) is 72.2 cm³/mol. The van der Waals surface area contributed by atoms with Crippen molar-refractivity contribution in [3.05, 3.63) is 28.8 Å². The standard InChI is InChI=1S/C12H14Cl2OS/c1-15-12-3-2-10(13)5-8(12)4-9-6-16-7-11(9)14/h2-3,5,9,11H,4,6-7H2,1H3. The molecule has 2 atom stereocenters. The van der Waals surface area contributed by atoms with Crippen LogP contribution < -0.4 is 4.74 Å². The molecule has 0 bridgehead atoms. The molecule has 2 unspecified atom stereocenters. The summed E-state index contributed by atoms with van der Waals surface area (Å²) in [5.41, 5.74) is 1.16. The van der Waals surface area contributed by atoms with Crippen LogP contribution in [0.4, 0.5) is 0 Å². The zero-order valence-electron chi connectivity index (χ0n) is 9.08. The number of methoxy groups -OCH3 is 1. The van der Waals surface area contributed by atoms with Gasteiger partial charge in [-0.25, -0.2) is 0 Å². The molecule has 0 spiro atoms. The second-order valence-electron chi connectivity index (χ2n) is 3.97. The van der Waals surface area contributed by atoms with Crippen LogP contribution >= 0.6 is 35.0 Å². The van der Waals surface area contributed by atoms with Crippen molar-refractivity contribution in [2.24, 2.45) is 5.92 Å². The van der Waals surface area contributed by atoms with Crippen LogP contribution in [-0.4, -0.2) is 24.0 Å². The summed E-state index contributed by atoms with van der Waals surface area (Å²) in [6.07, 6.45) is 0.949. The molecule has 0 saturated carbocycles. The molecule has 88 valence electrons. The number of hydrogen-bond acceptors (Lipinski definition) is 2. The van der Waals surface area contributed by atoms with Crippen molar-refractivity contribution in [3.8, 4) is 5.75 Å². The van der Waals surface area contributed by atoms with Crippen molar-refractivity contribution in [1.29, 1.82) is 0 Å². The Morgan fingerprint density at radius 1 is 1.44 bits per heavy atom. The second kappa shape index (κ2) is 5.52. The summed E-state index contributed by atoms with van der Waals surface area (Å²) in [6.45, 7) is 0. The van der Waals surface area contributed by atoms with E-state index in [1.807, 2.05) is 30.0 Å². The zero-order chi connectivity index (χ0) is 11.5. The third-order valence-corrected chi connectivity index (χ3v) is 5.03. The lowest BCUT2D eigenvalue weighted by molar-refractivity contribution is 0.406. The number of hydrogen-bond donors (Lipinski definition) is 0. The van der Waals surface area contributed by atoms with Gasteiger partial charge in [-0.2, -0.15) is 11.8 Å². The van der Waals surface area contributed by atoms with E-state index in [0.717, 1.165) is 34.3 Å². The fourth-order valence-corrected chi connectivity index (χ4v) is 3.98. The molecule has 0 aromatic heterocycles. The van der Waals surface area contributed by atoms with Gasteiger partial charge in [0.15, 0.2) is 0 Å². The van der Waals surface area contributed by atoms with Crippen LogP contribution in [-0.2, 0) is 6.42 Å². The van der Waals surface area contributed by atoms with Crippen molar-refractivity contribution >= 4 is 35.0 Å². The van der Waals surface area contributed by atoms with Gasteiger partial charge < -0.3 is 4.74 Å². The van der Waals surface area contributed by atoms with E-state index in [4.69, 9.17) is 27.9 Å². The van der Waals surface area contributed by atoms with Gasteiger partial charge in [0.05, 0.1) is 7.11 Å². The van der Waals surface area contributed by atoms with E-state index in [9.17, 15) is 0 Å². The van der Waals surface area contributed by atoms with Crippen molar-refractivity contribution in [2.75, 3.05) is 18.6 Å². The minimum atomic E-state index is 0.272. The van der Waals surface area contributed by atoms with Gasteiger partial charge in [-0.3, -0.25) is 0 Å². The van der Waals surface area contributed by atoms with E-state index >= 15 is 0 Å². The Labute approximate surface area is 110 Å². The van der Waals surface area contributed by atoms with Gasteiger partial charge in [-0.1, -0.05) is 11.6 Å². The Bertz CT molecular complexity index is 370. The maximum atomic E-state index is 6.27. The lowest BCUT2D eigenvalue weighted by atomic mass is 9.98. The van der Waals surface area contributed by atoms with Crippen LogP contribution in [0.5, 0.6) is 5.75 Å². The first kappa shape index (κ1) is 12.4. The summed E-state index contributed by atoms with van der Waals surface area (Å²) < 4.78 is 5.34. The Balaban J connectivity index is 2.16. The topological polar surface area (TPSA) is 9.23 Å². The molecule has 1 saturated heterocycles. The highest BCUT2D eigenvalue weighted by molar-refractivity contribution is 7.99. The molecule has 16 heavy (non-hydrogen) atoms. The average molecular weight is 277 g/mol. The first-order valence-corrected chi connectivity index (χ1v) is 7.22. The molecule has 0 amide bonds. The van der Waals surface area contributed by atoms with E-state index in [2.05, 4.69) is 0 Å². The zero-order valence-corrected chi connectivity index (χ0v) is 11.4. The van der Waals surface area contributed by atoms with Crippen LogP contribution in [0.1, 0.15) is 5.56 Å². The number of benzene rings is 1. The summed E-state index contributed by atoms with van der Waals surface area (Å²) in [5.74, 6) is 3.61. The molecule has 1 heterocycles. The second-order valence-corrected chi connectivity index (χ2v) is 6.05. The Kier molecular flexibility index (Phi) is 4.28. The molecule has 0 radical (unpaired) electrons. The molecule has 2 rings (SSSR count). The fraction of sp³-hybridized carbons (Fsp3) is 0.500. The van der Waals surface area contributed by atoms with Gasteiger partial charge in [-0.15, -0.1) is 11.6 Å². The maximum Gasteiger partial charge on any atom is 0.122 e. The molecular formula is C12H14Cl2OS. The first-order valence-electron chi connectivity index (χ1n) is 5.25. The molecule has 0 N–H and O–H groups in total. The van der Waals surface area contributed by atoms with E-state index in [-0.39, 0.29) is 5.38 Å². The van der Waals surface area contributed by atoms with Crippen LogP contribution in [0.25, 0.3) is 0 Å². The number of thioether (sulfide) groups is 1. The van der Waals surface area contributed by atoms with Crippen LogP contribution in [0.2, 0.25) is 5.02 Å². The van der Waals surface area contributed by atoms with Gasteiger partial charge in [0.25, 0.3) is 0 Å². The summed E-state index contributed by atoms with van der Waals surface area (Å²) in [6, 6.07) is 5.75. The third-order valence-electron chi connectivity index (χ3n) is 2.85. The minimum Gasteiger partial charge on any atom is -0.496 e. The SMILES string of the molecule is COc1ccc(Cl)cc1CC1CSCC1Cl. The maximum absolute atomic E-state index is 6.27. The average Bonchev–Trinajstić information content (AvgIpc) is 2.65.